The third-order valence-electron chi connectivity index (χ3n) is 5.37. The highest BCUT2D eigenvalue weighted by atomic mass is 32.2. The summed E-state index contributed by atoms with van der Waals surface area (Å²) < 4.78 is 32.4. The number of pyridine rings is 1. The molecule has 0 atom stereocenters. The lowest BCUT2D eigenvalue weighted by molar-refractivity contribution is 0.601. The first kappa shape index (κ1) is 20.0. The number of anilines is 1. The van der Waals surface area contributed by atoms with Crippen molar-refractivity contribution in [3.05, 3.63) is 96.6 Å². The summed E-state index contributed by atoms with van der Waals surface area (Å²) >= 11 is 0. The molecule has 160 valence electrons. The van der Waals surface area contributed by atoms with Crippen molar-refractivity contribution in [2.45, 2.75) is 18.7 Å². The number of aryl methyl sites for hydroxylation is 2. The van der Waals surface area contributed by atoms with Crippen LogP contribution in [0.3, 0.4) is 0 Å². The predicted octanol–water partition coefficient (Wildman–Crippen LogP) is 4.60. The van der Waals surface area contributed by atoms with Gasteiger partial charge in [0.25, 0.3) is 10.0 Å². The van der Waals surface area contributed by atoms with E-state index < -0.39 is 10.0 Å². The Labute approximate surface area is 186 Å². The molecule has 32 heavy (non-hydrogen) atoms. The van der Waals surface area contributed by atoms with E-state index in [1.165, 1.54) is 0 Å². The van der Waals surface area contributed by atoms with E-state index in [1.807, 2.05) is 67.0 Å². The maximum Gasteiger partial charge on any atom is 0.261 e. The summed E-state index contributed by atoms with van der Waals surface area (Å²) in [7, 11) is -3.76. The Kier molecular flexibility index (Phi) is 4.79. The van der Waals surface area contributed by atoms with Crippen LogP contribution in [-0.4, -0.2) is 27.6 Å². The molecule has 0 bridgehead atoms. The number of imidazole rings is 1. The minimum Gasteiger partial charge on any atom is -0.306 e. The summed E-state index contributed by atoms with van der Waals surface area (Å²) in [4.78, 5) is 4.90. The van der Waals surface area contributed by atoms with Gasteiger partial charge in [0, 0.05) is 30.4 Å². The first-order valence-corrected chi connectivity index (χ1v) is 11.6. The number of hydrogen-bond acceptors (Lipinski definition) is 4. The molecule has 0 aliphatic carbocycles. The number of nitrogens with one attached hydrogen (secondary N) is 1. The van der Waals surface area contributed by atoms with E-state index in [0.717, 1.165) is 33.7 Å². The molecule has 0 saturated heterocycles. The average Bonchev–Trinajstić information content (AvgIpc) is 3.46. The second-order valence-corrected chi connectivity index (χ2v) is 9.31. The number of sulfonamides is 1. The molecule has 0 aliphatic rings. The van der Waals surface area contributed by atoms with E-state index >= 15 is 0 Å². The normalized spacial score (nSPS) is 11.7. The summed E-state index contributed by atoms with van der Waals surface area (Å²) in [5.74, 6) is 0. The fraction of sp³-hybridized carbons (Fsp3) is 0.0833. The lowest BCUT2D eigenvalue weighted by Gasteiger charge is -2.12. The molecule has 5 rings (SSSR count). The number of benzene rings is 2. The van der Waals surface area contributed by atoms with Crippen LogP contribution in [0.5, 0.6) is 0 Å². The van der Waals surface area contributed by atoms with Gasteiger partial charge < -0.3 is 4.40 Å². The molecule has 0 spiro atoms. The highest BCUT2D eigenvalue weighted by molar-refractivity contribution is 7.92. The van der Waals surface area contributed by atoms with Crippen molar-refractivity contribution in [3.63, 3.8) is 0 Å². The Balaban J connectivity index is 1.46. The van der Waals surface area contributed by atoms with Crippen LogP contribution in [0.15, 0.2) is 90.3 Å². The molecule has 0 fully saturated rings. The smallest absolute Gasteiger partial charge is 0.261 e. The Bertz CT molecular complexity index is 1520. The minimum atomic E-state index is -3.76. The van der Waals surface area contributed by atoms with Gasteiger partial charge in [-0.05, 0) is 67.4 Å². The standard InChI is InChI=1S/C24H21N5O2S/c1-17-6-7-19(23-16-28-13-3-5-18(2)24(28)26-23)15-22(17)27-32(30,31)21-10-8-20(9-11-21)29-14-4-12-25-29/h3-16,27H,1-2H3. The van der Waals surface area contributed by atoms with Crippen molar-refractivity contribution in [1.82, 2.24) is 19.2 Å². The van der Waals surface area contributed by atoms with E-state index in [2.05, 4.69) is 9.82 Å². The predicted molar refractivity (Wildman–Crippen MR) is 124 cm³/mol. The summed E-state index contributed by atoms with van der Waals surface area (Å²) in [5.41, 5.74) is 5.70. The molecule has 0 amide bonds. The zero-order valence-electron chi connectivity index (χ0n) is 17.6. The molecule has 8 heteroatoms. The maximum atomic E-state index is 13.0. The molecular formula is C24H21N5O2S. The molecule has 7 nitrogen and oxygen atoms in total. The molecule has 1 N–H and O–H groups in total. The van der Waals surface area contributed by atoms with Gasteiger partial charge in [-0.15, -0.1) is 0 Å². The van der Waals surface area contributed by atoms with E-state index in [0.29, 0.717) is 5.69 Å². The Morgan fingerprint density at radius 2 is 1.72 bits per heavy atom. The highest BCUT2D eigenvalue weighted by Gasteiger charge is 2.17. The van der Waals surface area contributed by atoms with Crippen molar-refractivity contribution < 1.29 is 8.42 Å². The summed E-state index contributed by atoms with van der Waals surface area (Å²) in [6.45, 7) is 3.88. The second-order valence-electron chi connectivity index (χ2n) is 7.63. The fourth-order valence-electron chi connectivity index (χ4n) is 3.59. The van der Waals surface area contributed by atoms with Crippen LogP contribution >= 0.6 is 0 Å². The monoisotopic (exact) mass is 443 g/mol. The third-order valence-corrected chi connectivity index (χ3v) is 6.75. The summed E-state index contributed by atoms with van der Waals surface area (Å²) in [5, 5.41) is 4.16. The lowest BCUT2D eigenvalue weighted by atomic mass is 10.1. The quantitative estimate of drug-likeness (QED) is 0.430. The molecule has 0 saturated carbocycles. The van der Waals surface area contributed by atoms with Gasteiger partial charge in [-0.3, -0.25) is 4.72 Å². The number of rotatable bonds is 5. The highest BCUT2D eigenvalue weighted by Crippen LogP contribution is 2.28. The first-order chi connectivity index (χ1) is 15.4. The van der Waals surface area contributed by atoms with Crippen LogP contribution in [0, 0.1) is 13.8 Å². The van der Waals surface area contributed by atoms with Crippen molar-refractivity contribution in [3.8, 4) is 16.9 Å². The first-order valence-electron chi connectivity index (χ1n) is 10.1. The molecule has 5 aromatic rings. The summed E-state index contributed by atoms with van der Waals surface area (Å²) in [6, 6.07) is 18.1. The van der Waals surface area contributed by atoms with Gasteiger partial charge in [0.15, 0.2) is 0 Å². The van der Waals surface area contributed by atoms with E-state index in [-0.39, 0.29) is 4.90 Å². The fourth-order valence-corrected chi connectivity index (χ4v) is 4.71. The zero-order valence-corrected chi connectivity index (χ0v) is 18.4. The molecule has 3 heterocycles. The van der Waals surface area contributed by atoms with Crippen LogP contribution in [0.1, 0.15) is 11.1 Å². The van der Waals surface area contributed by atoms with Gasteiger partial charge in [-0.25, -0.2) is 18.1 Å². The molecule has 3 aromatic heterocycles. The largest absolute Gasteiger partial charge is 0.306 e. The van der Waals surface area contributed by atoms with Gasteiger partial charge in [0.1, 0.15) is 5.65 Å². The molecule has 0 radical (unpaired) electrons. The Hall–Kier alpha value is -3.91. The number of nitrogens with zero attached hydrogens (tertiary/aromatic N) is 4. The maximum absolute atomic E-state index is 13.0. The van der Waals surface area contributed by atoms with Crippen LogP contribution in [0.25, 0.3) is 22.6 Å². The van der Waals surface area contributed by atoms with Crippen LogP contribution in [0.4, 0.5) is 5.69 Å². The third kappa shape index (κ3) is 3.65. The van der Waals surface area contributed by atoms with Gasteiger partial charge in [0.05, 0.1) is 22.0 Å². The van der Waals surface area contributed by atoms with Crippen molar-refractivity contribution in [2.75, 3.05) is 4.72 Å². The van der Waals surface area contributed by atoms with Crippen LogP contribution in [0.2, 0.25) is 0 Å². The molecule has 2 aromatic carbocycles. The van der Waals surface area contributed by atoms with Gasteiger partial charge >= 0.3 is 0 Å². The minimum absolute atomic E-state index is 0.182. The second kappa shape index (κ2) is 7.65. The van der Waals surface area contributed by atoms with E-state index in [9.17, 15) is 8.42 Å². The van der Waals surface area contributed by atoms with E-state index in [4.69, 9.17) is 4.98 Å². The lowest BCUT2D eigenvalue weighted by Crippen LogP contribution is -2.14. The van der Waals surface area contributed by atoms with Crippen molar-refractivity contribution >= 4 is 21.4 Å². The van der Waals surface area contributed by atoms with Crippen LogP contribution < -0.4 is 4.72 Å². The number of aromatic nitrogens is 4. The van der Waals surface area contributed by atoms with Gasteiger partial charge in [0.2, 0.25) is 0 Å². The van der Waals surface area contributed by atoms with Gasteiger partial charge in [-0.2, -0.15) is 5.10 Å². The SMILES string of the molecule is Cc1ccc(-c2cn3cccc(C)c3n2)cc1NS(=O)(=O)c1ccc(-n2cccn2)cc1. The molecule has 0 unspecified atom stereocenters. The van der Waals surface area contributed by atoms with Gasteiger partial charge in [-0.1, -0.05) is 18.2 Å². The zero-order chi connectivity index (χ0) is 22.3. The number of fused-ring (bicyclic) bond motifs is 1. The molecular weight excluding hydrogens is 422 g/mol. The summed E-state index contributed by atoms with van der Waals surface area (Å²) in [6.07, 6.45) is 7.37. The van der Waals surface area contributed by atoms with Crippen molar-refractivity contribution in [2.24, 2.45) is 0 Å². The number of hydrogen-bond donors (Lipinski definition) is 1. The Morgan fingerprint density at radius 3 is 2.44 bits per heavy atom. The molecule has 0 aliphatic heterocycles. The topological polar surface area (TPSA) is 81.3 Å². The van der Waals surface area contributed by atoms with Crippen molar-refractivity contribution in [1.29, 1.82) is 0 Å². The average molecular weight is 444 g/mol. The van der Waals surface area contributed by atoms with E-state index in [1.54, 1.807) is 41.3 Å². The van der Waals surface area contributed by atoms with Crippen LogP contribution in [-0.2, 0) is 10.0 Å². The Morgan fingerprint density at radius 1 is 0.906 bits per heavy atom.